The number of nitrogens with zero attached hydrogens (tertiary/aromatic N) is 2. The van der Waals surface area contributed by atoms with Crippen LogP contribution < -0.4 is 10.4 Å². The predicted octanol–water partition coefficient (Wildman–Crippen LogP) is 3.33. The van der Waals surface area contributed by atoms with Crippen molar-refractivity contribution in [2.45, 2.75) is 6.61 Å². The number of allylic oxidation sites excluding steroid dienone is 1. The summed E-state index contributed by atoms with van der Waals surface area (Å²) in [4.78, 5) is 32.1. The molecule has 3 N–H and O–H groups in total. The number of aliphatic hydroxyl groups is 1. The molecule has 0 aliphatic carbocycles. The lowest BCUT2D eigenvalue weighted by atomic mass is 10.1. The number of benzene rings is 2. The van der Waals surface area contributed by atoms with Crippen LogP contribution in [0.3, 0.4) is 0 Å². The van der Waals surface area contributed by atoms with Gasteiger partial charge in [0.25, 0.3) is 0 Å². The summed E-state index contributed by atoms with van der Waals surface area (Å²) in [6.07, 6.45) is 7.92. The van der Waals surface area contributed by atoms with Gasteiger partial charge in [0.05, 0.1) is 25.1 Å². The lowest BCUT2D eigenvalue weighted by Crippen LogP contribution is -2.14. The Balaban J connectivity index is 1.61. The summed E-state index contributed by atoms with van der Waals surface area (Å²) in [5, 5.41) is 19.4. The van der Waals surface area contributed by atoms with Crippen molar-refractivity contribution in [3.63, 3.8) is 0 Å². The number of aromatic amines is 1. The zero-order valence-electron chi connectivity index (χ0n) is 17.7. The number of pyridine rings is 1. The molecule has 0 atom stereocenters. The van der Waals surface area contributed by atoms with Crippen molar-refractivity contribution < 1.29 is 19.7 Å². The van der Waals surface area contributed by atoms with Crippen molar-refractivity contribution in [3.05, 3.63) is 100 Å². The number of carbonyl (C=O) groups is 1. The number of aliphatic hydroxyl groups excluding tert-OH is 1. The van der Waals surface area contributed by atoms with Gasteiger partial charge in [-0.1, -0.05) is 18.2 Å². The highest BCUT2D eigenvalue weighted by atomic mass is 16.5. The monoisotopic (exact) mass is 443 g/mol. The SMILES string of the molecule is COc1cc(/C=C/C(=O)c2cccc(-n3cc(-c4cccnc4)[nH]c3=O)c2)cc(CO)c1O. The molecule has 8 heteroatoms. The third kappa shape index (κ3) is 4.60. The number of H-pyrrole nitrogens is 1. The summed E-state index contributed by atoms with van der Waals surface area (Å²) in [5.74, 6) is -0.212. The van der Waals surface area contributed by atoms with Crippen molar-refractivity contribution in [2.75, 3.05) is 7.11 Å². The maximum absolute atomic E-state index is 12.8. The van der Waals surface area contributed by atoms with E-state index in [0.717, 1.165) is 5.56 Å². The van der Waals surface area contributed by atoms with Crippen LogP contribution in [0.4, 0.5) is 0 Å². The Kier molecular flexibility index (Phi) is 6.19. The molecule has 0 unspecified atom stereocenters. The number of hydrogen-bond donors (Lipinski definition) is 3. The van der Waals surface area contributed by atoms with E-state index in [1.54, 1.807) is 67.1 Å². The average Bonchev–Trinajstić information content (AvgIpc) is 3.25. The Morgan fingerprint density at radius 1 is 1.21 bits per heavy atom. The summed E-state index contributed by atoms with van der Waals surface area (Å²) < 4.78 is 6.54. The van der Waals surface area contributed by atoms with Crippen molar-refractivity contribution >= 4 is 11.9 Å². The zero-order chi connectivity index (χ0) is 23.4. The van der Waals surface area contributed by atoms with Crippen LogP contribution in [-0.2, 0) is 6.61 Å². The number of imidazole rings is 1. The lowest BCUT2D eigenvalue weighted by Gasteiger charge is -2.08. The number of phenols is 1. The van der Waals surface area contributed by atoms with Crippen LogP contribution >= 0.6 is 0 Å². The molecule has 0 fully saturated rings. The van der Waals surface area contributed by atoms with Crippen molar-refractivity contribution in [1.82, 2.24) is 14.5 Å². The van der Waals surface area contributed by atoms with Crippen LogP contribution in [0.15, 0.2) is 78.0 Å². The molecule has 0 spiro atoms. The first-order valence-corrected chi connectivity index (χ1v) is 10.1. The molecule has 166 valence electrons. The van der Waals surface area contributed by atoms with Crippen LogP contribution in [0.25, 0.3) is 23.0 Å². The Morgan fingerprint density at radius 2 is 2.06 bits per heavy atom. The smallest absolute Gasteiger partial charge is 0.330 e. The average molecular weight is 443 g/mol. The Morgan fingerprint density at radius 3 is 2.79 bits per heavy atom. The third-order valence-corrected chi connectivity index (χ3v) is 5.09. The Bertz CT molecular complexity index is 1360. The fourth-order valence-electron chi connectivity index (χ4n) is 3.39. The van der Waals surface area contributed by atoms with Gasteiger partial charge in [0.2, 0.25) is 0 Å². The van der Waals surface area contributed by atoms with E-state index in [1.165, 1.54) is 17.8 Å². The van der Waals surface area contributed by atoms with E-state index >= 15 is 0 Å². The fourth-order valence-corrected chi connectivity index (χ4v) is 3.39. The summed E-state index contributed by atoms with van der Waals surface area (Å²) in [7, 11) is 1.41. The minimum atomic E-state index is -0.369. The fraction of sp³-hybridized carbons (Fsp3) is 0.0800. The number of rotatable bonds is 7. The molecule has 4 rings (SSSR count). The molecule has 0 saturated carbocycles. The van der Waals surface area contributed by atoms with E-state index in [4.69, 9.17) is 4.74 Å². The van der Waals surface area contributed by atoms with E-state index in [9.17, 15) is 19.8 Å². The zero-order valence-corrected chi connectivity index (χ0v) is 17.7. The number of carbonyl (C=O) groups excluding carboxylic acids is 1. The predicted molar refractivity (Wildman–Crippen MR) is 124 cm³/mol. The van der Waals surface area contributed by atoms with Crippen LogP contribution in [0, 0.1) is 0 Å². The number of ketones is 1. The second kappa shape index (κ2) is 9.37. The molecule has 4 aromatic rings. The number of aromatic nitrogens is 3. The molecule has 0 aliphatic heterocycles. The third-order valence-electron chi connectivity index (χ3n) is 5.09. The highest BCUT2D eigenvalue weighted by Gasteiger charge is 2.11. The van der Waals surface area contributed by atoms with Crippen molar-refractivity contribution in [1.29, 1.82) is 0 Å². The molecule has 2 heterocycles. The van der Waals surface area contributed by atoms with Gasteiger partial charge in [0.15, 0.2) is 17.3 Å². The van der Waals surface area contributed by atoms with Gasteiger partial charge in [-0.2, -0.15) is 0 Å². The molecule has 0 aliphatic rings. The molecule has 33 heavy (non-hydrogen) atoms. The maximum Gasteiger partial charge on any atom is 0.330 e. The number of nitrogens with one attached hydrogen (secondary N) is 1. The molecule has 0 bridgehead atoms. The summed E-state index contributed by atoms with van der Waals surface area (Å²) in [6.45, 7) is -0.369. The molecule has 8 nitrogen and oxygen atoms in total. The van der Waals surface area contributed by atoms with Gasteiger partial charge >= 0.3 is 5.69 Å². The van der Waals surface area contributed by atoms with E-state index in [1.807, 2.05) is 6.07 Å². The molecule has 0 amide bonds. The van der Waals surface area contributed by atoms with E-state index in [2.05, 4.69) is 9.97 Å². The van der Waals surface area contributed by atoms with E-state index < -0.39 is 0 Å². The number of methoxy groups -OCH3 is 1. The van der Waals surface area contributed by atoms with Crippen LogP contribution in [0.5, 0.6) is 11.5 Å². The lowest BCUT2D eigenvalue weighted by molar-refractivity contribution is 0.104. The second-order valence-corrected chi connectivity index (χ2v) is 7.22. The van der Waals surface area contributed by atoms with E-state index in [-0.39, 0.29) is 29.6 Å². The van der Waals surface area contributed by atoms with Gasteiger partial charge in [-0.25, -0.2) is 4.79 Å². The molecule has 2 aromatic heterocycles. The minimum absolute atomic E-state index is 0.140. The summed E-state index contributed by atoms with van der Waals surface area (Å²) in [6, 6.07) is 13.5. The summed E-state index contributed by atoms with van der Waals surface area (Å²) >= 11 is 0. The van der Waals surface area contributed by atoms with Gasteiger partial charge in [0.1, 0.15) is 0 Å². The van der Waals surface area contributed by atoms with Crippen molar-refractivity contribution in [2.24, 2.45) is 0 Å². The van der Waals surface area contributed by atoms with Crippen molar-refractivity contribution in [3.8, 4) is 28.4 Å². The molecule has 0 saturated heterocycles. The first kappa shape index (κ1) is 21.8. The summed E-state index contributed by atoms with van der Waals surface area (Å²) in [5.41, 5.74) is 2.87. The van der Waals surface area contributed by atoms with Gasteiger partial charge in [-0.15, -0.1) is 0 Å². The molecule has 0 radical (unpaired) electrons. The topological polar surface area (TPSA) is 117 Å². The molecular formula is C25H21N3O5. The largest absolute Gasteiger partial charge is 0.504 e. The standard InChI is InChI=1S/C25H21N3O5/c1-33-23-11-16(10-19(15-29)24(23)31)7-8-22(30)17-4-2-6-20(12-17)28-14-21(27-25(28)32)18-5-3-9-26-13-18/h2-14,29,31H,15H2,1H3,(H,27,32)/b8-7+. The van der Waals surface area contributed by atoms with Crippen LogP contribution in [0.2, 0.25) is 0 Å². The Hall–Kier alpha value is -4.43. The maximum atomic E-state index is 12.8. The van der Waals surface area contributed by atoms with E-state index in [0.29, 0.717) is 28.1 Å². The van der Waals surface area contributed by atoms with Crippen LogP contribution in [-0.4, -0.2) is 37.6 Å². The van der Waals surface area contributed by atoms with Crippen LogP contribution in [0.1, 0.15) is 21.5 Å². The first-order chi connectivity index (χ1) is 16.0. The van der Waals surface area contributed by atoms with Gasteiger partial charge in [-0.3, -0.25) is 14.3 Å². The normalized spacial score (nSPS) is 11.1. The quantitative estimate of drug-likeness (QED) is 0.298. The Labute approximate surface area is 189 Å². The van der Waals surface area contributed by atoms with Gasteiger partial charge in [0, 0.05) is 35.3 Å². The first-order valence-electron chi connectivity index (χ1n) is 10.1. The number of ether oxygens (including phenoxy) is 1. The molecular weight excluding hydrogens is 422 g/mol. The molecule has 2 aromatic carbocycles. The number of hydrogen-bond acceptors (Lipinski definition) is 6. The highest BCUT2D eigenvalue weighted by molar-refractivity contribution is 6.07. The van der Waals surface area contributed by atoms with Gasteiger partial charge < -0.3 is 19.9 Å². The van der Waals surface area contributed by atoms with Gasteiger partial charge in [-0.05, 0) is 48.0 Å². The number of aromatic hydroxyl groups is 1. The minimum Gasteiger partial charge on any atom is -0.504 e. The second-order valence-electron chi connectivity index (χ2n) is 7.22. The highest BCUT2D eigenvalue weighted by Crippen LogP contribution is 2.32.